The molecule has 0 heterocycles. The summed E-state index contributed by atoms with van der Waals surface area (Å²) in [7, 11) is 0. The van der Waals surface area contributed by atoms with Gasteiger partial charge in [-0.1, -0.05) is 30.3 Å². The highest BCUT2D eigenvalue weighted by atomic mass is 79.9. The lowest BCUT2D eigenvalue weighted by atomic mass is 10.0. The first-order chi connectivity index (χ1) is 8.20. The molecule has 84 valence electrons. The van der Waals surface area contributed by atoms with Gasteiger partial charge in [0, 0.05) is 0 Å². The number of hydrogen-bond donors (Lipinski definition) is 1. The standard InChI is InChI=1S/C14H10BrNO/c15-13-8-11(7-12(9-16)14(13)17)6-10-4-2-1-3-5-10/h1-5,7-8,17H,6H2. The number of aromatic hydroxyl groups is 1. The van der Waals surface area contributed by atoms with E-state index in [1.807, 2.05) is 42.5 Å². The zero-order valence-corrected chi connectivity index (χ0v) is 10.6. The van der Waals surface area contributed by atoms with Crippen LogP contribution in [0.3, 0.4) is 0 Å². The summed E-state index contributed by atoms with van der Waals surface area (Å²) in [6, 6.07) is 15.5. The zero-order chi connectivity index (χ0) is 12.3. The van der Waals surface area contributed by atoms with Gasteiger partial charge in [-0.2, -0.15) is 5.26 Å². The van der Waals surface area contributed by atoms with Crippen molar-refractivity contribution in [3.8, 4) is 11.8 Å². The summed E-state index contributed by atoms with van der Waals surface area (Å²) >= 11 is 3.25. The Morgan fingerprint density at radius 1 is 1.12 bits per heavy atom. The Morgan fingerprint density at radius 3 is 2.47 bits per heavy atom. The Hall–Kier alpha value is -1.79. The number of halogens is 1. The second-order valence-corrected chi connectivity index (χ2v) is 4.60. The van der Waals surface area contributed by atoms with E-state index in [1.165, 1.54) is 5.56 Å². The van der Waals surface area contributed by atoms with Gasteiger partial charge < -0.3 is 5.11 Å². The van der Waals surface area contributed by atoms with Gasteiger partial charge >= 0.3 is 0 Å². The second kappa shape index (κ2) is 5.03. The van der Waals surface area contributed by atoms with E-state index in [9.17, 15) is 5.11 Å². The van der Waals surface area contributed by atoms with Crippen molar-refractivity contribution in [1.82, 2.24) is 0 Å². The van der Waals surface area contributed by atoms with Crippen LogP contribution in [0.15, 0.2) is 46.9 Å². The van der Waals surface area contributed by atoms with E-state index in [1.54, 1.807) is 6.07 Å². The van der Waals surface area contributed by atoms with Gasteiger partial charge in [-0.3, -0.25) is 0 Å². The van der Waals surface area contributed by atoms with Crippen LogP contribution in [-0.2, 0) is 6.42 Å². The van der Waals surface area contributed by atoms with Crippen molar-refractivity contribution in [3.63, 3.8) is 0 Å². The molecule has 2 nitrogen and oxygen atoms in total. The highest BCUT2D eigenvalue weighted by Crippen LogP contribution is 2.29. The lowest BCUT2D eigenvalue weighted by Crippen LogP contribution is -1.90. The fourth-order valence-corrected chi connectivity index (χ4v) is 2.18. The Balaban J connectivity index is 2.35. The van der Waals surface area contributed by atoms with Crippen LogP contribution in [0.4, 0.5) is 0 Å². The van der Waals surface area contributed by atoms with Crippen molar-refractivity contribution in [3.05, 3.63) is 63.6 Å². The van der Waals surface area contributed by atoms with Gasteiger partial charge in [0.15, 0.2) is 0 Å². The number of nitrogens with zero attached hydrogens (tertiary/aromatic N) is 1. The summed E-state index contributed by atoms with van der Waals surface area (Å²) in [4.78, 5) is 0. The van der Waals surface area contributed by atoms with Gasteiger partial charge in [-0.25, -0.2) is 0 Å². The van der Waals surface area contributed by atoms with Crippen molar-refractivity contribution in [2.75, 3.05) is 0 Å². The third-order valence-corrected chi connectivity index (χ3v) is 3.10. The number of hydrogen-bond acceptors (Lipinski definition) is 2. The molecule has 1 N–H and O–H groups in total. The van der Waals surface area contributed by atoms with Crippen LogP contribution in [0.2, 0.25) is 0 Å². The Morgan fingerprint density at radius 2 is 1.82 bits per heavy atom. The Kier molecular flexibility index (Phi) is 3.46. The summed E-state index contributed by atoms with van der Waals surface area (Å²) in [6.45, 7) is 0. The molecule has 0 radical (unpaired) electrons. The van der Waals surface area contributed by atoms with Gasteiger partial charge in [0.25, 0.3) is 0 Å². The fourth-order valence-electron chi connectivity index (χ4n) is 1.67. The maximum atomic E-state index is 9.62. The molecule has 2 aromatic rings. The van der Waals surface area contributed by atoms with Crippen LogP contribution in [-0.4, -0.2) is 5.11 Å². The maximum absolute atomic E-state index is 9.62. The van der Waals surface area contributed by atoms with Gasteiger partial charge in [0.2, 0.25) is 0 Å². The molecule has 0 fully saturated rings. The first-order valence-electron chi connectivity index (χ1n) is 5.16. The molecule has 0 bridgehead atoms. The molecule has 2 rings (SSSR count). The third-order valence-electron chi connectivity index (χ3n) is 2.49. The largest absolute Gasteiger partial charge is 0.505 e. The molecule has 0 unspecified atom stereocenters. The van der Waals surface area contributed by atoms with Gasteiger partial charge in [0.05, 0.1) is 10.0 Å². The van der Waals surface area contributed by atoms with Crippen molar-refractivity contribution in [2.24, 2.45) is 0 Å². The molecule has 0 aliphatic rings. The molecule has 0 spiro atoms. The monoisotopic (exact) mass is 287 g/mol. The molecular formula is C14H10BrNO. The summed E-state index contributed by atoms with van der Waals surface area (Å²) < 4.78 is 0.558. The number of phenols is 1. The van der Waals surface area contributed by atoms with Crippen LogP contribution in [0, 0.1) is 11.3 Å². The normalized spacial score (nSPS) is 9.88. The van der Waals surface area contributed by atoms with Gasteiger partial charge in [-0.05, 0) is 45.6 Å². The molecule has 3 heteroatoms. The second-order valence-electron chi connectivity index (χ2n) is 3.75. The summed E-state index contributed by atoms with van der Waals surface area (Å²) in [5.41, 5.74) is 2.47. The minimum absolute atomic E-state index is 0.00399. The van der Waals surface area contributed by atoms with Crippen molar-refractivity contribution >= 4 is 15.9 Å². The van der Waals surface area contributed by atoms with Crippen molar-refractivity contribution < 1.29 is 5.11 Å². The van der Waals surface area contributed by atoms with Crippen LogP contribution in [0.1, 0.15) is 16.7 Å². The maximum Gasteiger partial charge on any atom is 0.147 e. The van der Waals surface area contributed by atoms with E-state index in [4.69, 9.17) is 5.26 Å². The van der Waals surface area contributed by atoms with E-state index in [2.05, 4.69) is 15.9 Å². The lowest BCUT2D eigenvalue weighted by Gasteiger charge is -2.05. The first-order valence-corrected chi connectivity index (χ1v) is 5.95. The molecule has 0 atom stereocenters. The first kappa shape index (κ1) is 11.7. The van der Waals surface area contributed by atoms with Crippen molar-refractivity contribution in [1.29, 1.82) is 5.26 Å². The molecule has 0 amide bonds. The minimum Gasteiger partial charge on any atom is -0.505 e. The summed E-state index contributed by atoms with van der Waals surface area (Å²) in [5.74, 6) is 0.00399. The van der Waals surface area contributed by atoms with E-state index in [-0.39, 0.29) is 5.75 Å². The fraction of sp³-hybridized carbons (Fsp3) is 0.0714. The quantitative estimate of drug-likeness (QED) is 0.917. The van der Waals surface area contributed by atoms with E-state index in [0.717, 1.165) is 12.0 Å². The van der Waals surface area contributed by atoms with Crippen LogP contribution in [0.25, 0.3) is 0 Å². The third kappa shape index (κ3) is 2.66. The highest BCUT2D eigenvalue weighted by Gasteiger charge is 2.07. The van der Waals surface area contributed by atoms with Crippen LogP contribution >= 0.6 is 15.9 Å². The molecule has 0 saturated carbocycles. The van der Waals surface area contributed by atoms with Gasteiger partial charge in [-0.15, -0.1) is 0 Å². The summed E-state index contributed by atoms with van der Waals surface area (Å²) in [5, 5.41) is 18.5. The Labute approximate surface area is 108 Å². The number of benzene rings is 2. The molecule has 2 aromatic carbocycles. The van der Waals surface area contributed by atoms with Crippen LogP contribution in [0.5, 0.6) is 5.75 Å². The molecule has 17 heavy (non-hydrogen) atoms. The van der Waals surface area contributed by atoms with E-state index >= 15 is 0 Å². The zero-order valence-electron chi connectivity index (χ0n) is 9.02. The molecule has 0 aromatic heterocycles. The average Bonchev–Trinajstić information content (AvgIpc) is 2.35. The SMILES string of the molecule is N#Cc1cc(Cc2ccccc2)cc(Br)c1O. The predicted molar refractivity (Wildman–Crippen MR) is 69.8 cm³/mol. The smallest absolute Gasteiger partial charge is 0.147 e. The molecule has 0 aliphatic carbocycles. The minimum atomic E-state index is 0.00399. The van der Waals surface area contributed by atoms with Crippen LogP contribution < -0.4 is 0 Å². The Bertz CT molecular complexity index is 573. The topological polar surface area (TPSA) is 44.0 Å². The number of nitriles is 1. The molecule has 0 aliphatic heterocycles. The summed E-state index contributed by atoms with van der Waals surface area (Å²) in [6.07, 6.45) is 0.744. The molecular weight excluding hydrogens is 278 g/mol. The lowest BCUT2D eigenvalue weighted by molar-refractivity contribution is 0.470. The highest BCUT2D eigenvalue weighted by molar-refractivity contribution is 9.10. The number of phenolic OH excluding ortho intramolecular Hbond substituents is 1. The van der Waals surface area contributed by atoms with E-state index in [0.29, 0.717) is 10.0 Å². The van der Waals surface area contributed by atoms with Gasteiger partial charge in [0.1, 0.15) is 11.8 Å². The van der Waals surface area contributed by atoms with E-state index < -0.39 is 0 Å². The average molecular weight is 288 g/mol. The predicted octanol–water partition coefficient (Wildman–Crippen LogP) is 3.62. The molecule has 0 saturated heterocycles. The van der Waals surface area contributed by atoms with Crippen molar-refractivity contribution in [2.45, 2.75) is 6.42 Å². The number of rotatable bonds is 2.